The smallest absolute Gasteiger partial charge is 0.159 e. The predicted octanol–water partition coefficient (Wildman–Crippen LogP) is 0.609. The van der Waals surface area contributed by atoms with Crippen LogP contribution in [0, 0.1) is 6.42 Å². The van der Waals surface area contributed by atoms with Gasteiger partial charge >= 0.3 is 0 Å². The van der Waals surface area contributed by atoms with E-state index in [0.29, 0.717) is 0 Å². The summed E-state index contributed by atoms with van der Waals surface area (Å²) in [6.07, 6.45) is 2.27. The number of amidine groups is 1. The van der Waals surface area contributed by atoms with E-state index in [9.17, 15) is 0 Å². The third kappa shape index (κ3) is 0.936. The molecule has 2 aliphatic heterocycles. The Hall–Kier alpha value is -0.180. The summed E-state index contributed by atoms with van der Waals surface area (Å²) in [6.45, 7) is 3.26. The first-order valence-corrected chi connectivity index (χ1v) is 4.19. The van der Waals surface area contributed by atoms with Gasteiger partial charge in [0.1, 0.15) is 0 Å². The molecule has 3 heteroatoms. The molecule has 0 spiro atoms. The zero-order chi connectivity index (χ0) is 6.10. The zero-order valence-corrected chi connectivity index (χ0v) is 6.02. The van der Waals surface area contributed by atoms with Gasteiger partial charge in [0.05, 0.1) is 6.54 Å². The Morgan fingerprint density at radius 1 is 1.56 bits per heavy atom. The van der Waals surface area contributed by atoms with Gasteiger partial charge in [0, 0.05) is 25.3 Å². The largest absolute Gasteiger partial charge is 0.351 e. The zero-order valence-electron chi connectivity index (χ0n) is 5.21. The molecule has 2 nitrogen and oxygen atoms in total. The summed E-state index contributed by atoms with van der Waals surface area (Å²) < 4.78 is 0. The van der Waals surface area contributed by atoms with Gasteiger partial charge in [-0.3, -0.25) is 4.99 Å². The minimum atomic E-state index is 1.02. The first kappa shape index (κ1) is 5.59. The van der Waals surface area contributed by atoms with Gasteiger partial charge in [-0.15, -0.1) is 0 Å². The Morgan fingerprint density at radius 2 is 2.44 bits per heavy atom. The number of nitrogens with zero attached hydrogens (tertiary/aromatic N) is 2. The van der Waals surface area contributed by atoms with E-state index in [1.54, 1.807) is 0 Å². The van der Waals surface area contributed by atoms with E-state index in [0.717, 1.165) is 19.6 Å². The highest BCUT2D eigenvalue weighted by atomic mass is 32.2. The molecule has 2 heterocycles. The van der Waals surface area contributed by atoms with Crippen LogP contribution >= 0.6 is 11.8 Å². The van der Waals surface area contributed by atoms with Crippen molar-refractivity contribution in [2.75, 3.05) is 25.4 Å². The molecule has 0 saturated carbocycles. The van der Waals surface area contributed by atoms with Crippen LogP contribution in [0.1, 0.15) is 0 Å². The van der Waals surface area contributed by atoms with Crippen molar-refractivity contribution in [3.63, 3.8) is 0 Å². The summed E-state index contributed by atoms with van der Waals surface area (Å²) in [5, 5.41) is 1.26. The lowest BCUT2D eigenvalue weighted by Gasteiger charge is -2.31. The molecule has 2 rings (SSSR count). The highest BCUT2D eigenvalue weighted by Crippen LogP contribution is 2.19. The molecule has 49 valence electrons. The standard InChI is InChI=1S/C6H9N2S/c1-3-8(4-1)6-7-2-5-9-6/h1H,2-5H2. The van der Waals surface area contributed by atoms with Crippen LogP contribution in [-0.2, 0) is 0 Å². The topological polar surface area (TPSA) is 15.6 Å². The molecule has 2 aliphatic rings. The van der Waals surface area contributed by atoms with Gasteiger partial charge < -0.3 is 4.90 Å². The van der Waals surface area contributed by atoms with Gasteiger partial charge in [0.25, 0.3) is 0 Å². The van der Waals surface area contributed by atoms with Crippen molar-refractivity contribution in [2.45, 2.75) is 0 Å². The molecule has 1 radical (unpaired) electrons. The Kier molecular flexibility index (Phi) is 1.38. The average molecular weight is 141 g/mol. The maximum Gasteiger partial charge on any atom is 0.159 e. The van der Waals surface area contributed by atoms with E-state index in [2.05, 4.69) is 16.3 Å². The fraction of sp³-hybridized carbons (Fsp3) is 0.667. The number of thioether (sulfide) groups is 1. The van der Waals surface area contributed by atoms with Crippen LogP contribution < -0.4 is 0 Å². The highest BCUT2D eigenvalue weighted by Gasteiger charge is 2.20. The van der Waals surface area contributed by atoms with Crippen molar-refractivity contribution in [1.82, 2.24) is 4.90 Å². The number of hydrogen-bond donors (Lipinski definition) is 0. The van der Waals surface area contributed by atoms with Crippen molar-refractivity contribution in [3.05, 3.63) is 6.42 Å². The van der Waals surface area contributed by atoms with Gasteiger partial charge in [0.2, 0.25) is 0 Å². The van der Waals surface area contributed by atoms with E-state index in [4.69, 9.17) is 0 Å². The maximum absolute atomic E-state index is 4.34. The van der Waals surface area contributed by atoms with Gasteiger partial charge in [-0.25, -0.2) is 0 Å². The number of rotatable bonds is 0. The Labute approximate surface area is 59.3 Å². The van der Waals surface area contributed by atoms with Crippen molar-refractivity contribution in [1.29, 1.82) is 0 Å². The molecule has 9 heavy (non-hydrogen) atoms. The molecule has 0 unspecified atom stereocenters. The Bertz CT molecular complexity index is 140. The van der Waals surface area contributed by atoms with E-state index in [1.165, 1.54) is 10.9 Å². The predicted molar refractivity (Wildman–Crippen MR) is 40.6 cm³/mol. The summed E-state index contributed by atoms with van der Waals surface area (Å²) in [5.41, 5.74) is 0. The normalized spacial score (nSPS) is 25.8. The lowest BCUT2D eigenvalue weighted by molar-refractivity contribution is 0.394. The van der Waals surface area contributed by atoms with Gasteiger partial charge in [-0.05, 0) is 0 Å². The first-order chi connectivity index (χ1) is 4.47. The highest BCUT2D eigenvalue weighted by molar-refractivity contribution is 8.14. The fourth-order valence-corrected chi connectivity index (χ4v) is 1.81. The second kappa shape index (κ2) is 2.21. The molecule has 1 fully saturated rings. The van der Waals surface area contributed by atoms with Gasteiger partial charge in [0.15, 0.2) is 5.17 Å². The number of likely N-dealkylation sites (tertiary alicyclic amines) is 1. The van der Waals surface area contributed by atoms with Gasteiger partial charge in [-0.2, -0.15) is 0 Å². The van der Waals surface area contributed by atoms with E-state index >= 15 is 0 Å². The minimum absolute atomic E-state index is 1.02. The van der Waals surface area contributed by atoms with Crippen molar-refractivity contribution in [3.8, 4) is 0 Å². The third-order valence-corrected chi connectivity index (χ3v) is 2.57. The van der Waals surface area contributed by atoms with Crippen LogP contribution in [-0.4, -0.2) is 35.5 Å². The van der Waals surface area contributed by atoms with Crippen molar-refractivity contribution >= 4 is 16.9 Å². The lowest BCUT2D eigenvalue weighted by atomic mass is 10.2. The van der Waals surface area contributed by atoms with E-state index < -0.39 is 0 Å². The second-order valence-electron chi connectivity index (χ2n) is 2.21. The first-order valence-electron chi connectivity index (χ1n) is 3.21. The lowest BCUT2D eigenvalue weighted by Crippen LogP contribution is -2.40. The monoisotopic (exact) mass is 141 g/mol. The second-order valence-corrected chi connectivity index (χ2v) is 3.27. The SMILES string of the molecule is [CH]1CN(C2=NCCS2)C1. The summed E-state index contributed by atoms with van der Waals surface area (Å²) >= 11 is 1.88. The molecule has 0 atom stereocenters. The Balaban J connectivity index is 1.95. The molecule has 0 amide bonds. The average Bonchev–Trinajstić information content (AvgIpc) is 2.11. The molecule has 0 aromatic carbocycles. The van der Waals surface area contributed by atoms with Crippen LogP contribution in [0.5, 0.6) is 0 Å². The van der Waals surface area contributed by atoms with Crippen LogP contribution in [0.2, 0.25) is 0 Å². The Morgan fingerprint density at radius 3 is 2.89 bits per heavy atom. The molecule has 0 aliphatic carbocycles. The van der Waals surface area contributed by atoms with Gasteiger partial charge in [-0.1, -0.05) is 11.8 Å². The van der Waals surface area contributed by atoms with E-state index in [-0.39, 0.29) is 0 Å². The maximum atomic E-state index is 4.34. The molecular weight excluding hydrogens is 132 g/mol. The van der Waals surface area contributed by atoms with Crippen LogP contribution in [0.3, 0.4) is 0 Å². The minimum Gasteiger partial charge on any atom is -0.351 e. The number of hydrogen-bond acceptors (Lipinski definition) is 3. The fourth-order valence-electron chi connectivity index (χ4n) is 0.930. The molecule has 0 bridgehead atoms. The van der Waals surface area contributed by atoms with Crippen molar-refractivity contribution in [2.24, 2.45) is 4.99 Å². The van der Waals surface area contributed by atoms with Crippen molar-refractivity contribution < 1.29 is 0 Å². The van der Waals surface area contributed by atoms with E-state index in [1.807, 2.05) is 11.8 Å². The summed E-state index contributed by atoms with van der Waals surface area (Å²) in [4.78, 5) is 6.65. The third-order valence-electron chi connectivity index (χ3n) is 1.54. The van der Waals surface area contributed by atoms with Crippen LogP contribution in [0.25, 0.3) is 0 Å². The molecule has 1 saturated heterocycles. The van der Waals surface area contributed by atoms with Crippen LogP contribution in [0.15, 0.2) is 4.99 Å². The summed E-state index contributed by atoms with van der Waals surface area (Å²) in [6, 6.07) is 0. The quantitative estimate of drug-likeness (QED) is 0.491. The summed E-state index contributed by atoms with van der Waals surface area (Å²) in [5.74, 6) is 1.19. The van der Waals surface area contributed by atoms with Crippen LogP contribution in [0.4, 0.5) is 0 Å². The summed E-state index contributed by atoms with van der Waals surface area (Å²) in [7, 11) is 0. The number of aliphatic imine (C=N–C) groups is 1. The molecule has 0 aromatic heterocycles. The molecular formula is C6H9N2S. The molecule has 0 N–H and O–H groups in total. The molecule has 0 aromatic rings.